The van der Waals surface area contributed by atoms with Gasteiger partial charge in [-0.3, -0.25) is 9.59 Å². The van der Waals surface area contributed by atoms with E-state index >= 15 is 0 Å². The predicted molar refractivity (Wildman–Crippen MR) is 74.2 cm³/mol. The monoisotopic (exact) mass is 294 g/mol. The molecule has 1 aliphatic rings. The smallest absolute Gasteiger partial charge is 0.409 e. The molecule has 114 valence electrons. The van der Waals surface area contributed by atoms with Crippen LogP contribution in [0.1, 0.15) is 25.3 Å². The van der Waals surface area contributed by atoms with Crippen molar-refractivity contribution in [2.45, 2.75) is 32.5 Å². The van der Waals surface area contributed by atoms with E-state index in [4.69, 9.17) is 14.6 Å². The van der Waals surface area contributed by atoms with E-state index in [-0.39, 0.29) is 18.7 Å². The normalized spacial score (nSPS) is 16.2. The van der Waals surface area contributed by atoms with Crippen LogP contribution in [0.25, 0.3) is 0 Å². The maximum atomic E-state index is 11.4. The molecule has 2 rings (SSSR count). The van der Waals surface area contributed by atoms with Crippen molar-refractivity contribution in [1.82, 2.24) is 10.6 Å². The summed E-state index contributed by atoms with van der Waals surface area (Å²) in [5, 5.41) is 12.6. The summed E-state index contributed by atoms with van der Waals surface area (Å²) in [5.41, 5.74) is 0.929. The molecule has 1 fully saturated rings. The van der Waals surface area contributed by atoms with Crippen LogP contribution in [-0.4, -0.2) is 29.2 Å². The summed E-state index contributed by atoms with van der Waals surface area (Å²) in [6.45, 7) is 1.31. The van der Waals surface area contributed by atoms with E-state index in [9.17, 15) is 9.59 Å². The van der Waals surface area contributed by atoms with Crippen LogP contribution in [0.4, 0.5) is 4.79 Å². The van der Waals surface area contributed by atoms with E-state index in [1.807, 2.05) is 30.3 Å². The molecule has 2 amide bonds. The van der Waals surface area contributed by atoms with Crippen LogP contribution in [0.5, 0.6) is 0 Å². The Labute approximate surface area is 122 Å². The topological polar surface area (TPSA) is 105 Å². The van der Waals surface area contributed by atoms with Crippen molar-refractivity contribution in [2.75, 3.05) is 0 Å². The van der Waals surface area contributed by atoms with Crippen molar-refractivity contribution >= 4 is 18.0 Å². The fourth-order valence-electron chi connectivity index (χ4n) is 1.63. The number of carboxylic acids is 1. The third-order valence-electron chi connectivity index (χ3n) is 2.50. The fraction of sp³-hybridized carbons (Fsp3) is 0.357. The van der Waals surface area contributed by atoms with E-state index in [1.54, 1.807) is 0 Å². The first-order valence-corrected chi connectivity index (χ1v) is 6.43. The maximum Gasteiger partial charge on any atom is 0.409 e. The number of ether oxygens (including phenoxy) is 1. The molecule has 1 aliphatic heterocycles. The van der Waals surface area contributed by atoms with Gasteiger partial charge in [0, 0.05) is 13.3 Å². The zero-order valence-corrected chi connectivity index (χ0v) is 11.7. The Hall–Kier alpha value is -2.57. The van der Waals surface area contributed by atoms with Gasteiger partial charge in [-0.15, -0.1) is 0 Å². The van der Waals surface area contributed by atoms with Gasteiger partial charge in [0.25, 0.3) is 5.97 Å². The number of amides is 2. The van der Waals surface area contributed by atoms with Gasteiger partial charge >= 0.3 is 6.09 Å². The lowest BCUT2D eigenvalue weighted by Gasteiger charge is -2.12. The van der Waals surface area contributed by atoms with E-state index in [1.165, 1.54) is 0 Å². The maximum absolute atomic E-state index is 11.4. The summed E-state index contributed by atoms with van der Waals surface area (Å²) in [4.78, 5) is 31.3. The molecule has 21 heavy (non-hydrogen) atoms. The molecule has 1 atom stereocenters. The third kappa shape index (κ3) is 7.56. The van der Waals surface area contributed by atoms with Crippen LogP contribution in [0.15, 0.2) is 30.3 Å². The highest BCUT2D eigenvalue weighted by Crippen LogP contribution is 2.05. The Bertz CT molecular complexity index is 485. The SMILES string of the molecule is CC(=O)O.O=C1CC[C@@H](NC(=O)OCc2ccccc2)N1. The van der Waals surface area contributed by atoms with Gasteiger partial charge in [0.1, 0.15) is 12.8 Å². The van der Waals surface area contributed by atoms with E-state index in [0.717, 1.165) is 12.5 Å². The first-order valence-electron chi connectivity index (χ1n) is 6.43. The summed E-state index contributed by atoms with van der Waals surface area (Å²) in [7, 11) is 0. The number of alkyl carbamates (subject to hydrolysis) is 1. The number of carbonyl (C=O) groups is 3. The molecule has 0 saturated carbocycles. The molecule has 0 unspecified atom stereocenters. The first-order chi connectivity index (χ1) is 9.97. The van der Waals surface area contributed by atoms with Crippen molar-refractivity contribution in [3.05, 3.63) is 35.9 Å². The number of rotatable bonds is 3. The Balaban J connectivity index is 0.000000491. The highest BCUT2D eigenvalue weighted by Gasteiger charge is 2.22. The van der Waals surface area contributed by atoms with Gasteiger partial charge in [-0.05, 0) is 12.0 Å². The molecule has 3 N–H and O–H groups in total. The molecule has 7 nitrogen and oxygen atoms in total. The van der Waals surface area contributed by atoms with Crippen LogP contribution in [0.2, 0.25) is 0 Å². The van der Waals surface area contributed by atoms with Crippen LogP contribution < -0.4 is 10.6 Å². The summed E-state index contributed by atoms with van der Waals surface area (Å²) in [6, 6.07) is 9.43. The molecule has 1 aromatic rings. The Morgan fingerprint density at radius 2 is 2.00 bits per heavy atom. The molecule has 0 radical (unpaired) electrons. The highest BCUT2D eigenvalue weighted by molar-refractivity contribution is 5.79. The summed E-state index contributed by atoms with van der Waals surface area (Å²) in [5.74, 6) is -0.877. The molecular weight excluding hydrogens is 276 g/mol. The summed E-state index contributed by atoms with van der Waals surface area (Å²) in [6.07, 6.45) is 0.245. The van der Waals surface area contributed by atoms with Crippen LogP contribution >= 0.6 is 0 Å². The van der Waals surface area contributed by atoms with Gasteiger partial charge in [0.15, 0.2) is 0 Å². The van der Waals surface area contributed by atoms with Crippen molar-refractivity contribution in [3.8, 4) is 0 Å². The largest absolute Gasteiger partial charge is 0.481 e. The van der Waals surface area contributed by atoms with Gasteiger partial charge in [-0.1, -0.05) is 30.3 Å². The molecular formula is C14H18N2O5. The summed E-state index contributed by atoms with van der Waals surface area (Å²) < 4.78 is 5.02. The molecule has 7 heteroatoms. The summed E-state index contributed by atoms with van der Waals surface area (Å²) >= 11 is 0. The van der Waals surface area contributed by atoms with Gasteiger partial charge in [-0.25, -0.2) is 4.79 Å². The molecule has 1 aromatic carbocycles. The number of aliphatic carboxylic acids is 1. The van der Waals surface area contributed by atoms with Crippen molar-refractivity contribution in [1.29, 1.82) is 0 Å². The predicted octanol–water partition coefficient (Wildman–Crippen LogP) is 1.24. The molecule has 0 aromatic heterocycles. The Kier molecular flexibility index (Phi) is 6.73. The molecule has 1 saturated heterocycles. The zero-order chi connectivity index (χ0) is 15.7. The quantitative estimate of drug-likeness (QED) is 0.778. The van der Waals surface area contributed by atoms with Gasteiger partial charge in [-0.2, -0.15) is 0 Å². The van der Waals surface area contributed by atoms with Gasteiger partial charge in [0.05, 0.1) is 0 Å². The number of carboxylic acid groups (broad SMARTS) is 1. The van der Waals surface area contributed by atoms with E-state index in [2.05, 4.69) is 10.6 Å². The van der Waals surface area contributed by atoms with Gasteiger partial charge in [0.2, 0.25) is 5.91 Å². The lowest BCUT2D eigenvalue weighted by molar-refractivity contribution is -0.134. The van der Waals surface area contributed by atoms with Crippen molar-refractivity contribution < 1.29 is 24.2 Å². The second-order valence-electron chi connectivity index (χ2n) is 4.38. The zero-order valence-electron chi connectivity index (χ0n) is 11.7. The minimum Gasteiger partial charge on any atom is -0.481 e. The van der Waals surface area contributed by atoms with Crippen LogP contribution in [-0.2, 0) is 20.9 Å². The first kappa shape index (κ1) is 16.5. The number of nitrogens with one attached hydrogen (secondary N) is 2. The van der Waals surface area contributed by atoms with Crippen LogP contribution in [0.3, 0.4) is 0 Å². The molecule has 0 spiro atoms. The minimum atomic E-state index is -0.833. The number of hydrogen-bond acceptors (Lipinski definition) is 4. The standard InChI is InChI=1S/C12H14N2O3.C2H4O2/c15-11-7-6-10(13-11)14-12(16)17-8-9-4-2-1-3-5-9;1-2(3)4/h1-5,10H,6-8H2,(H,13,15)(H,14,16);1H3,(H,3,4)/t10-;/m1./s1. The second-order valence-corrected chi connectivity index (χ2v) is 4.38. The van der Waals surface area contributed by atoms with Crippen molar-refractivity contribution in [3.63, 3.8) is 0 Å². The number of benzene rings is 1. The highest BCUT2D eigenvalue weighted by atomic mass is 16.5. The second kappa shape index (κ2) is 8.57. The lowest BCUT2D eigenvalue weighted by atomic mass is 10.2. The molecule has 0 bridgehead atoms. The number of hydrogen-bond donors (Lipinski definition) is 3. The Morgan fingerprint density at radius 3 is 2.52 bits per heavy atom. The van der Waals surface area contributed by atoms with Crippen LogP contribution in [0, 0.1) is 0 Å². The Morgan fingerprint density at radius 1 is 1.38 bits per heavy atom. The van der Waals surface area contributed by atoms with E-state index in [0.29, 0.717) is 12.8 Å². The van der Waals surface area contributed by atoms with Gasteiger partial charge < -0.3 is 20.5 Å². The molecule has 1 heterocycles. The third-order valence-corrected chi connectivity index (χ3v) is 2.50. The van der Waals surface area contributed by atoms with E-state index < -0.39 is 12.1 Å². The average molecular weight is 294 g/mol. The lowest BCUT2D eigenvalue weighted by Crippen LogP contribution is -2.42. The minimum absolute atomic E-state index is 0.0432. The molecule has 0 aliphatic carbocycles. The van der Waals surface area contributed by atoms with Crippen molar-refractivity contribution in [2.24, 2.45) is 0 Å². The number of carbonyl (C=O) groups excluding carboxylic acids is 2. The average Bonchev–Trinajstić information content (AvgIpc) is 2.82. The fourth-order valence-corrected chi connectivity index (χ4v) is 1.63.